The van der Waals surface area contributed by atoms with Crippen LogP contribution in [0.4, 0.5) is 0 Å². The number of phosphoric ester groups is 2. The molecule has 2 aliphatic heterocycles. The van der Waals surface area contributed by atoms with Gasteiger partial charge in [-0.3, -0.25) is 28.0 Å². The zero-order valence-electron chi connectivity index (χ0n) is 19.8. The molecule has 0 saturated carbocycles. The molecule has 19 nitrogen and oxygen atoms in total. The molecule has 2 aliphatic rings. The Morgan fingerprint density at radius 2 is 1.53 bits per heavy atom. The number of ether oxygens (including phenoxy) is 2. The quantitative estimate of drug-likeness (QED) is 0.101. The molecule has 23 heteroatoms. The van der Waals surface area contributed by atoms with Gasteiger partial charge in [0, 0.05) is 12.3 Å². The number of H-pyrrole nitrogens is 1. The second kappa shape index (κ2) is 14.7. The maximum absolute atomic E-state index is 12.0. The first-order valence-corrected chi connectivity index (χ1v) is 12.9. The summed E-state index contributed by atoms with van der Waals surface area (Å²) in [5.41, 5.74) is -1.78. The van der Waals surface area contributed by atoms with E-state index in [1.54, 1.807) is 0 Å². The Bertz CT molecular complexity index is 1140. The van der Waals surface area contributed by atoms with Crippen LogP contribution in [0.2, 0.25) is 0 Å². The normalized spacial score (nSPS) is 36.4. The minimum atomic E-state index is -5.90. The van der Waals surface area contributed by atoms with Crippen LogP contribution in [0, 0.1) is 0 Å². The van der Waals surface area contributed by atoms with Crippen LogP contribution in [0.3, 0.4) is 0 Å². The van der Waals surface area contributed by atoms with Gasteiger partial charge in [0.1, 0.15) is 42.7 Å². The van der Waals surface area contributed by atoms with E-state index in [1.807, 2.05) is 4.98 Å². The number of phosphoric acid groups is 2. The molecule has 2 fully saturated rings. The summed E-state index contributed by atoms with van der Waals surface area (Å²) in [6.45, 7) is -2.05. The van der Waals surface area contributed by atoms with Crippen LogP contribution in [0.15, 0.2) is 21.9 Å². The summed E-state index contributed by atoms with van der Waals surface area (Å²) in [4.78, 5) is 48.9. The summed E-state index contributed by atoms with van der Waals surface area (Å²) >= 11 is 0. The summed E-state index contributed by atoms with van der Waals surface area (Å²) in [6.07, 6.45) is -15.8. The second-order valence-electron chi connectivity index (χ2n) is 7.64. The van der Waals surface area contributed by atoms with E-state index in [0.29, 0.717) is 4.57 Å². The van der Waals surface area contributed by atoms with Gasteiger partial charge in [0.2, 0.25) is 0 Å². The molecule has 0 aromatic carbocycles. The number of aliphatic hydroxyl groups excluding tert-OH is 6. The number of hydrogen-bond donors (Lipinski definition) is 7. The largest absolute Gasteiger partial charge is 1.00 e. The first-order chi connectivity index (χ1) is 16.7. The van der Waals surface area contributed by atoms with Gasteiger partial charge in [-0.05, 0) is 0 Å². The van der Waals surface area contributed by atoms with Crippen molar-refractivity contribution in [2.75, 3.05) is 13.2 Å². The summed E-state index contributed by atoms with van der Waals surface area (Å²) in [6, 6.07) is 0.911. The number of nitrogens with one attached hydrogen (secondary N) is 1. The van der Waals surface area contributed by atoms with Crippen LogP contribution in [-0.4, -0.2) is 102 Å². The van der Waals surface area contributed by atoms with E-state index in [9.17, 15) is 54.0 Å². The summed E-state index contributed by atoms with van der Waals surface area (Å²) in [7, 11) is -11.7. The number of aliphatic hydroxyl groups is 6. The third-order valence-electron chi connectivity index (χ3n) is 5.14. The Morgan fingerprint density at radius 1 is 0.921 bits per heavy atom. The van der Waals surface area contributed by atoms with Crippen molar-refractivity contribution in [2.45, 2.75) is 55.2 Å². The van der Waals surface area contributed by atoms with E-state index in [1.165, 1.54) is 0 Å². The molecule has 206 valence electrons. The fourth-order valence-electron chi connectivity index (χ4n) is 3.34. The fourth-order valence-corrected chi connectivity index (χ4v) is 5.42. The first kappa shape index (κ1) is 36.6. The predicted octanol–water partition coefficient (Wildman–Crippen LogP) is -12.0. The van der Waals surface area contributed by atoms with E-state index < -0.39 is 95.4 Å². The fraction of sp³-hybridized carbons (Fsp3) is 0.733. The van der Waals surface area contributed by atoms with E-state index in [4.69, 9.17) is 14.6 Å². The van der Waals surface area contributed by atoms with Gasteiger partial charge in [-0.25, -0.2) is 9.11 Å². The molecule has 0 spiro atoms. The summed E-state index contributed by atoms with van der Waals surface area (Å²) in [5.74, 6) is 0. The molecule has 11 atom stereocenters. The Balaban J connectivity index is 0.00000361. The molecular formula is C15H22N2Na2O17P2. The van der Waals surface area contributed by atoms with Crippen molar-refractivity contribution < 1.29 is 132 Å². The number of rotatable bonds is 9. The molecule has 0 radical (unpaired) electrons. The smallest absolute Gasteiger partial charge is 0.756 e. The summed E-state index contributed by atoms with van der Waals surface area (Å²) < 4.78 is 47.1. The second-order valence-corrected chi connectivity index (χ2v) is 10.5. The van der Waals surface area contributed by atoms with Crippen LogP contribution < -0.4 is 80.2 Å². The molecule has 0 bridgehead atoms. The average Bonchev–Trinajstić information content (AvgIpc) is 3.06. The van der Waals surface area contributed by atoms with E-state index in [2.05, 4.69) is 13.4 Å². The standard InChI is InChI=1S/C15H24N2O17P2.2Na/c18-3-5-8(20)10(22)12(24)14(32-5)33-36(28,29)34-35(26,27)30-4-6-9(21)11(23)13(31-6)17-2-1-7(19)16-15(17)25;;/h1-2,5-6,8-14,18,20-24H,3-4H2,(H,26,27)(H,28,29)(H,16,19,25);;/q;2*+1/p-2/t5-,6-,8-,9?,10+,11+,12-,13-,14+;;/m1../s1. The van der Waals surface area contributed by atoms with Crippen molar-refractivity contribution in [3.8, 4) is 0 Å². The Morgan fingerprint density at radius 3 is 2.11 bits per heavy atom. The molecule has 38 heavy (non-hydrogen) atoms. The third kappa shape index (κ3) is 8.81. The summed E-state index contributed by atoms with van der Waals surface area (Å²) in [5, 5.41) is 58.4. The van der Waals surface area contributed by atoms with Gasteiger partial charge < -0.3 is 54.4 Å². The van der Waals surface area contributed by atoms with Gasteiger partial charge in [0.25, 0.3) is 21.2 Å². The maximum atomic E-state index is 12.0. The number of hydrogen-bond acceptors (Lipinski definition) is 17. The molecule has 0 aliphatic carbocycles. The molecule has 2 saturated heterocycles. The number of nitrogens with zero attached hydrogens (tertiary/aromatic N) is 1. The number of aromatic amines is 1. The minimum absolute atomic E-state index is 0. The zero-order chi connectivity index (χ0) is 27.0. The Hall–Kier alpha value is 0.620. The van der Waals surface area contributed by atoms with Gasteiger partial charge in [0.05, 0.1) is 13.2 Å². The molecule has 1 aromatic rings. The van der Waals surface area contributed by atoms with Gasteiger partial charge in [-0.15, -0.1) is 0 Å². The van der Waals surface area contributed by atoms with E-state index in [-0.39, 0.29) is 59.1 Å². The average molecular weight is 610 g/mol. The van der Waals surface area contributed by atoms with E-state index in [0.717, 1.165) is 12.3 Å². The third-order valence-corrected chi connectivity index (χ3v) is 7.67. The van der Waals surface area contributed by atoms with Crippen LogP contribution in [0.1, 0.15) is 6.23 Å². The Labute approximate surface area is 256 Å². The van der Waals surface area contributed by atoms with Crippen molar-refractivity contribution >= 4 is 15.6 Å². The van der Waals surface area contributed by atoms with Crippen molar-refractivity contribution in [1.82, 2.24) is 9.55 Å². The maximum Gasteiger partial charge on any atom is 1.00 e. The Kier molecular flexibility index (Phi) is 14.2. The molecule has 7 N–H and O–H groups in total. The van der Waals surface area contributed by atoms with Gasteiger partial charge in [-0.1, -0.05) is 0 Å². The zero-order valence-corrected chi connectivity index (χ0v) is 25.6. The number of aromatic nitrogens is 2. The molecule has 3 unspecified atom stereocenters. The van der Waals surface area contributed by atoms with Crippen LogP contribution >= 0.6 is 15.6 Å². The van der Waals surface area contributed by atoms with Crippen LogP contribution in [0.5, 0.6) is 0 Å². The van der Waals surface area contributed by atoms with Gasteiger partial charge in [-0.2, -0.15) is 0 Å². The van der Waals surface area contributed by atoms with Gasteiger partial charge >= 0.3 is 64.8 Å². The topological polar surface area (TPSA) is 303 Å². The first-order valence-electron chi connectivity index (χ1n) is 9.96. The van der Waals surface area contributed by atoms with Crippen molar-refractivity contribution in [2.24, 2.45) is 0 Å². The molecule has 3 rings (SSSR count). The van der Waals surface area contributed by atoms with Gasteiger partial charge in [0.15, 0.2) is 12.5 Å². The van der Waals surface area contributed by atoms with Crippen LogP contribution in [0.25, 0.3) is 0 Å². The van der Waals surface area contributed by atoms with E-state index >= 15 is 0 Å². The van der Waals surface area contributed by atoms with Crippen LogP contribution in [-0.2, 0) is 32.0 Å². The van der Waals surface area contributed by atoms with Crippen molar-refractivity contribution in [3.05, 3.63) is 33.1 Å². The van der Waals surface area contributed by atoms with Crippen molar-refractivity contribution in [3.63, 3.8) is 0 Å². The predicted molar refractivity (Wildman–Crippen MR) is 104 cm³/mol. The minimum Gasteiger partial charge on any atom is -0.756 e. The van der Waals surface area contributed by atoms with Crippen molar-refractivity contribution in [1.29, 1.82) is 0 Å². The molecule has 0 amide bonds. The molecule has 3 heterocycles. The molecular weight excluding hydrogens is 588 g/mol. The monoisotopic (exact) mass is 610 g/mol. The molecule has 1 aromatic heterocycles. The SMILES string of the molecule is O=c1ccn([C@@H]2O[C@H](COP(=O)([O-])OP(=O)([O-])O[C@@H]3O[C@H](CO)[C@@H](O)[C@H](O)[C@H]3O)C(O)[C@@H]2O)c(=O)[nH]1.[Na+].[Na+].